The fourth-order valence-corrected chi connectivity index (χ4v) is 9.57. The summed E-state index contributed by atoms with van der Waals surface area (Å²) in [6.45, 7) is 8.87. The maximum absolute atomic E-state index is 6.74. The van der Waals surface area contributed by atoms with Gasteiger partial charge in [0.05, 0.1) is 33.4 Å². The number of ether oxygens (including phenoxy) is 1. The third kappa shape index (κ3) is 5.20. The molecule has 0 aliphatic rings. The first-order chi connectivity index (χ1) is 28.9. The Morgan fingerprint density at radius 2 is 1.02 bits per heavy atom. The summed E-state index contributed by atoms with van der Waals surface area (Å²) in [5, 5.41) is 6.01. The number of hydrogen-bond donors (Lipinski definition) is 0. The Kier molecular flexibility index (Phi) is 8.19. The number of nitrogens with zero attached hydrogens (tertiary/aromatic N) is 5. The number of pyridine rings is 3. The van der Waals surface area contributed by atoms with Gasteiger partial charge in [0.2, 0.25) is 0 Å². The maximum atomic E-state index is 6.74. The van der Waals surface area contributed by atoms with Gasteiger partial charge >= 0.3 is 20.4 Å². The molecule has 0 atom stereocenters. The smallest absolute Gasteiger partial charge is 0.497 e. The monoisotopic (exact) mass is 863 g/mol. The molecule has 60 heavy (non-hydrogen) atoms. The second kappa shape index (κ2) is 13.6. The predicted octanol–water partition coefficient (Wildman–Crippen LogP) is 13.3. The largest absolute Gasteiger partial charge is 2.00 e. The van der Waals surface area contributed by atoms with Crippen LogP contribution < -0.4 is 4.74 Å². The van der Waals surface area contributed by atoms with Crippen LogP contribution in [0.25, 0.3) is 99.1 Å². The van der Waals surface area contributed by atoms with Crippen molar-refractivity contribution < 1.29 is 25.2 Å². The minimum Gasteiger partial charge on any atom is -0.497 e. The Labute approximate surface area is 359 Å². The minimum absolute atomic E-state index is 0. The maximum Gasteiger partial charge on any atom is 2.00 e. The van der Waals surface area contributed by atoms with Crippen LogP contribution >= 0.6 is 0 Å². The number of rotatable bonds is 4. The van der Waals surface area contributed by atoms with Crippen LogP contribution in [-0.4, -0.2) is 23.8 Å². The molecule has 5 heterocycles. The van der Waals surface area contributed by atoms with E-state index < -0.39 is 0 Å². The van der Waals surface area contributed by atoms with Crippen LogP contribution in [0.1, 0.15) is 22.3 Å². The zero-order valence-corrected chi connectivity index (χ0v) is 34.8. The van der Waals surface area contributed by atoms with E-state index in [1.165, 1.54) is 44.5 Å². The fraction of sp³-hybridized carbons (Fsp3) is 0.0755. The Hall–Kier alpha value is -6.91. The topological polar surface area (TPSA) is 56.7 Å². The Morgan fingerprint density at radius 1 is 0.450 bits per heavy atom. The summed E-state index contributed by atoms with van der Waals surface area (Å²) in [4.78, 5) is 15.1. The van der Waals surface area contributed by atoms with Crippen molar-refractivity contribution >= 4 is 76.8 Å². The van der Waals surface area contributed by atoms with Crippen molar-refractivity contribution in [2.45, 2.75) is 27.7 Å². The summed E-state index contributed by atoms with van der Waals surface area (Å²) < 4.78 is 11.2. The molecule has 0 spiro atoms. The second-order valence-corrected chi connectivity index (χ2v) is 15.6. The van der Waals surface area contributed by atoms with Crippen LogP contribution in [0.2, 0.25) is 0 Å². The quantitative estimate of drug-likeness (QED) is 0.100. The van der Waals surface area contributed by atoms with E-state index in [1.807, 2.05) is 48.7 Å². The Balaban J connectivity index is 0.00000408. The molecule has 0 radical (unpaired) electrons. The van der Waals surface area contributed by atoms with Crippen molar-refractivity contribution in [2.75, 3.05) is 0 Å². The van der Waals surface area contributed by atoms with Gasteiger partial charge in [0, 0.05) is 23.2 Å². The van der Waals surface area contributed by atoms with Crippen LogP contribution in [0.15, 0.2) is 140 Å². The van der Waals surface area contributed by atoms with Crippen LogP contribution in [0, 0.1) is 39.8 Å². The first-order valence-corrected chi connectivity index (χ1v) is 20.0. The molecular weight excluding hydrogens is 829 g/mol. The molecule has 0 aliphatic heterocycles. The van der Waals surface area contributed by atoms with E-state index in [4.69, 9.17) is 19.7 Å². The van der Waals surface area contributed by atoms with Crippen molar-refractivity contribution in [2.24, 2.45) is 0 Å². The van der Waals surface area contributed by atoms with Gasteiger partial charge < -0.3 is 13.5 Å². The van der Waals surface area contributed by atoms with Gasteiger partial charge in [0.25, 0.3) is 0 Å². The molecule has 5 aromatic heterocycles. The number of imidazole rings is 2. The molecule has 7 heteroatoms. The van der Waals surface area contributed by atoms with E-state index >= 15 is 0 Å². The predicted molar refractivity (Wildman–Crippen MR) is 241 cm³/mol. The molecule has 0 aliphatic carbocycles. The number of aryl methyl sites for hydroxylation is 4. The molecule has 7 aromatic carbocycles. The van der Waals surface area contributed by atoms with E-state index in [2.05, 4.69) is 140 Å². The normalized spacial score (nSPS) is 11.9. The number of fused-ring (bicyclic) bond motifs is 16. The van der Waals surface area contributed by atoms with E-state index in [0.717, 1.165) is 76.8 Å². The van der Waals surface area contributed by atoms with Crippen molar-refractivity contribution in [1.29, 1.82) is 0 Å². The fourth-order valence-electron chi connectivity index (χ4n) is 9.57. The zero-order chi connectivity index (χ0) is 39.5. The van der Waals surface area contributed by atoms with Gasteiger partial charge in [0.1, 0.15) is 5.65 Å². The first-order valence-electron chi connectivity index (χ1n) is 20.0. The van der Waals surface area contributed by atoms with Gasteiger partial charge in [-0.15, -0.1) is 12.1 Å². The van der Waals surface area contributed by atoms with Crippen LogP contribution in [0.3, 0.4) is 0 Å². The van der Waals surface area contributed by atoms with Crippen LogP contribution in [0.5, 0.6) is 11.5 Å². The summed E-state index contributed by atoms with van der Waals surface area (Å²) in [7, 11) is 0. The summed E-state index contributed by atoms with van der Waals surface area (Å²) in [5.74, 6) is 1.15. The number of para-hydroxylation sites is 4. The van der Waals surface area contributed by atoms with Crippen molar-refractivity contribution in [3.63, 3.8) is 0 Å². The third-order valence-electron chi connectivity index (χ3n) is 12.1. The molecule has 6 nitrogen and oxygen atoms in total. The van der Waals surface area contributed by atoms with Crippen LogP contribution in [-0.2, 0) is 20.4 Å². The number of hydrogen-bond acceptors (Lipinski definition) is 4. The van der Waals surface area contributed by atoms with Crippen molar-refractivity contribution in [3.05, 3.63) is 174 Å². The molecule has 0 unspecified atom stereocenters. The van der Waals surface area contributed by atoms with E-state index in [1.54, 1.807) is 0 Å². The van der Waals surface area contributed by atoms with Gasteiger partial charge in [-0.05, 0) is 119 Å². The number of benzene rings is 7. The molecule has 0 N–H and O–H groups in total. The average Bonchev–Trinajstić information content (AvgIpc) is 3.84. The summed E-state index contributed by atoms with van der Waals surface area (Å²) in [6.07, 6.45) is 1.83. The summed E-state index contributed by atoms with van der Waals surface area (Å²) in [5.41, 5.74) is 17.3. The summed E-state index contributed by atoms with van der Waals surface area (Å²) in [6, 6.07) is 54.0. The molecule has 0 bridgehead atoms. The van der Waals surface area contributed by atoms with Gasteiger partial charge in [0.15, 0.2) is 0 Å². The van der Waals surface area contributed by atoms with Gasteiger partial charge in [-0.1, -0.05) is 119 Å². The standard InChI is InChI=1S/C53H35N5O.Pd/c1-30-12-9-13-31(2)47(30)39-25-26-46-49(50(39)48-32(3)14-10-15-33(48)4)37-24-22-35(29-41(37)52-55-42-17-5-7-19-44(42)57(46)52)59-34-21-23-36-38-16-11-27-54-51(38)58-45-20-8-6-18-43(45)56-53(58)40(36)28-34;/h5-27H,1-4H3;/q-2;+2. The Morgan fingerprint density at radius 3 is 1.68 bits per heavy atom. The zero-order valence-electron chi connectivity index (χ0n) is 33.2. The molecule has 12 aromatic rings. The van der Waals surface area contributed by atoms with E-state index in [9.17, 15) is 0 Å². The van der Waals surface area contributed by atoms with E-state index in [-0.39, 0.29) is 20.4 Å². The third-order valence-corrected chi connectivity index (χ3v) is 12.1. The van der Waals surface area contributed by atoms with Crippen molar-refractivity contribution in [1.82, 2.24) is 23.8 Å². The van der Waals surface area contributed by atoms with Gasteiger partial charge in [-0.2, -0.15) is 0 Å². The van der Waals surface area contributed by atoms with Gasteiger partial charge in [-0.3, -0.25) is 9.97 Å². The molecule has 0 amide bonds. The molecule has 12 rings (SSSR count). The minimum atomic E-state index is 0. The van der Waals surface area contributed by atoms with Crippen molar-refractivity contribution in [3.8, 4) is 33.8 Å². The average molecular weight is 864 g/mol. The molecule has 0 fully saturated rings. The second-order valence-electron chi connectivity index (χ2n) is 15.6. The van der Waals surface area contributed by atoms with Gasteiger partial charge in [-0.25, -0.2) is 4.98 Å². The Bertz CT molecular complexity index is 3730. The van der Waals surface area contributed by atoms with E-state index in [0.29, 0.717) is 11.5 Å². The molecule has 0 saturated heterocycles. The summed E-state index contributed by atoms with van der Waals surface area (Å²) >= 11 is 0. The first kappa shape index (κ1) is 36.2. The molecule has 288 valence electrons. The SMILES string of the molecule is Cc1cccc(C)c1-c1ccc2c(c1-c1c(C)cccc1C)c1ccc(Oc3[c-]c4c(cc3)c3cccnc3n3c5ccccc5nc43)[c-]c1c1nc3ccccc3n21.[Pd+2]. The number of aromatic nitrogens is 5. The molecular formula is C53H35N5OPd. The molecule has 0 saturated carbocycles. The van der Waals surface area contributed by atoms with Crippen LogP contribution in [0.4, 0.5) is 0 Å².